The van der Waals surface area contributed by atoms with Gasteiger partial charge in [-0.25, -0.2) is 4.68 Å². The van der Waals surface area contributed by atoms with Crippen LogP contribution in [0.25, 0.3) is 0 Å². The molecular formula is C8H12ClN7. The van der Waals surface area contributed by atoms with Crippen LogP contribution in [0.4, 0.5) is 0 Å². The van der Waals surface area contributed by atoms with Gasteiger partial charge in [0.15, 0.2) is 5.82 Å². The van der Waals surface area contributed by atoms with E-state index < -0.39 is 0 Å². The van der Waals surface area contributed by atoms with Crippen LogP contribution in [-0.2, 0) is 13.6 Å². The van der Waals surface area contributed by atoms with Gasteiger partial charge >= 0.3 is 0 Å². The second-order valence-electron chi connectivity index (χ2n) is 3.41. The topological polar surface area (TPSA) is 74.3 Å². The highest BCUT2D eigenvalue weighted by atomic mass is 35.5. The van der Waals surface area contributed by atoms with Crippen molar-refractivity contribution in [3.63, 3.8) is 0 Å². The number of tetrazole rings is 1. The third kappa shape index (κ3) is 2.35. The van der Waals surface area contributed by atoms with Crippen LogP contribution in [0.5, 0.6) is 0 Å². The zero-order chi connectivity index (χ0) is 11.5. The molecule has 1 atom stereocenters. The van der Waals surface area contributed by atoms with Crippen LogP contribution < -0.4 is 0 Å². The number of hydrogen-bond acceptors (Lipinski definition) is 5. The summed E-state index contributed by atoms with van der Waals surface area (Å²) in [5, 5.41) is 19.5. The Morgan fingerprint density at radius 1 is 1.38 bits per heavy atom. The van der Waals surface area contributed by atoms with Crippen molar-refractivity contribution < 1.29 is 0 Å². The highest BCUT2D eigenvalue weighted by Crippen LogP contribution is 2.20. The van der Waals surface area contributed by atoms with E-state index in [-0.39, 0.29) is 5.38 Å². The van der Waals surface area contributed by atoms with Gasteiger partial charge in [-0.05, 0) is 11.6 Å². The first-order valence-corrected chi connectivity index (χ1v) is 5.39. The summed E-state index contributed by atoms with van der Waals surface area (Å²) >= 11 is 6.05. The molecule has 0 aliphatic heterocycles. The average Bonchev–Trinajstić information content (AvgIpc) is 2.87. The highest BCUT2D eigenvalue weighted by molar-refractivity contribution is 6.20. The molecule has 7 nitrogen and oxygen atoms in total. The van der Waals surface area contributed by atoms with Crippen molar-refractivity contribution in [1.29, 1.82) is 0 Å². The summed E-state index contributed by atoms with van der Waals surface area (Å²) in [4.78, 5) is 1.41. The van der Waals surface area contributed by atoms with Gasteiger partial charge in [0.05, 0.1) is 18.6 Å². The van der Waals surface area contributed by atoms with Gasteiger partial charge in [0.25, 0.3) is 0 Å². The molecular weight excluding hydrogens is 230 g/mol. The maximum Gasteiger partial charge on any atom is 0.196 e. The van der Waals surface area contributed by atoms with Crippen LogP contribution in [0.3, 0.4) is 0 Å². The number of rotatable bonds is 4. The molecule has 0 saturated carbocycles. The fourth-order valence-corrected chi connectivity index (χ4v) is 1.37. The summed E-state index contributed by atoms with van der Waals surface area (Å²) in [6, 6.07) is 0. The summed E-state index contributed by atoms with van der Waals surface area (Å²) in [5.41, 5.74) is 0.771. The summed E-state index contributed by atoms with van der Waals surface area (Å²) in [6.45, 7) is 2.45. The van der Waals surface area contributed by atoms with E-state index in [0.717, 1.165) is 12.1 Å². The SMILES string of the molecule is CCC(Cl)c1cn(Cc2nnn(C)n2)nn1. The quantitative estimate of drug-likeness (QED) is 0.731. The Balaban J connectivity index is 2.08. The second kappa shape index (κ2) is 4.56. The molecule has 2 rings (SSSR count). The van der Waals surface area contributed by atoms with Gasteiger partial charge in [-0.2, -0.15) is 4.80 Å². The van der Waals surface area contributed by atoms with Gasteiger partial charge in [0, 0.05) is 0 Å². The Hall–Kier alpha value is -1.50. The smallest absolute Gasteiger partial charge is 0.196 e. The maximum absolute atomic E-state index is 6.05. The normalized spacial score (nSPS) is 12.9. The zero-order valence-corrected chi connectivity index (χ0v) is 9.83. The monoisotopic (exact) mass is 241 g/mol. The number of alkyl halides is 1. The van der Waals surface area contributed by atoms with Crippen molar-refractivity contribution in [2.75, 3.05) is 0 Å². The molecule has 0 aliphatic rings. The summed E-state index contributed by atoms with van der Waals surface area (Å²) in [5.74, 6) is 0.599. The Labute approximate surface area is 97.4 Å². The van der Waals surface area contributed by atoms with Crippen LogP contribution in [0.15, 0.2) is 6.20 Å². The fraction of sp³-hybridized carbons (Fsp3) is 0.625. The lowest BCUT2D eigenvalue weighted by atomic mass is 10.3. The van der Waals surface area contributed by atoms with E-state index in [2.05, 4.69) is 25.7 Å². The molecule has 2 aromatic heterocycles. The standard InChI is InChI=1S/C8H12ClN7/c1-3-6(9)7-4-16(14-10-7)5-8-11-13-15(2)12-8/h4,6H,3,5H2,1-2H3. The number of nitrogens with zero attached hydrogens (tertiary/aromatic N) is 7. The first kappa shape index (κ1) is 11.0. The molecule has 0 amide bonds. The molecule has 0 aliphatic carbocycles. The van der Waals surface area contributed by atoms with Crippen LogP contribution in [-0.4, -0.2) is 35.2 Å². The fourth-order valence-electron chi connectivity index (χ4n) is 1.27. The Morgan fingerprint density at radius 3 is 2.81 bits per heavy atom. The van der Waals surface area contributed by atoms with Gasteiger partial charge in [-0.15, -0.1) is 26.9 Å². The van der Waals surface area contributed by atoms with Crippen molar-refractivity contribution in [3.8, 4) is 0 Å². The van der Waals surface area contributed by atoms with Crippen molar-refractivity contribution in [2.45, 2.75) is 25.3 Å². The molecule has 8 heteroatoms. The van der Waals surface area contributed by atoms with Crippen LogP contribution in [0.2, 0.25) is 0 Å². The molecule has 16 heavy (non-hydrogen) atoms. The third-order valence-electron chi connectivity index (χ3n) is 2.09. The van der Waals surface area contributed by atoms with E-state index in [4.69, 9.17) is 11.6 Å². The van der Waals surface area contributed by atoms with E-state index in [9.17, 15) is 0 Å². The number of aryl methyl sites for hydroxylation is 1. The summed E-state index contributed by atoms with van der Waals surface area (Å²) < 4.78 is 1.65. The molecule has 2 aromatic rings. The lowest BCUT2D eigenvalue weighted by Crippen LogP contribution is -2.03. The number of halogens is 1. The molecule has 0 bridgehead atoms. The summed E-state index contributed by atoms with van der Waals surface area (Å²) in [6.07, 6.45) is 2.63. The van der Waals surface area contributed by atoms with Gasteiger partial charge < -0.3 is 0 Å². The molecule has 0 radical (unpaired) electrons. The number of aromatic nitrogens is 7. The van der Waals surface area contributed by atoms with Crippen LogP contribution >= 0.6 is 11.6 Å². The van der Waals surface area contributed by atoms with Gasteiger partial charge in [-0.1, -0.05) is 12.1 Å². The van der Waals surface area contributed by atoms with Crippen LogP contribution in [0.1, 0.15) is 30.2 Å². The van der Waals surface area contributed by atoms with E-state index in [1.165, 1.54) is 4.80 Å². The summed E-state index contributed by atoms with van der Waals surface area (Å²) in [7, 11) is 1.72. The maximum atomic E-state index is 6.05. The highest BCUT2D eigenvalue weighted by Gasteiger charge is 2.11. The minimum absolute atomic E-state index is 0.0939. The van der Waals surface area contributed by atoms with Crippen molar-refractivity contribution in [3.05, 3.63) is 17.7 Å². The van der Waals surface area contributed by atoms with E-state index in [1.54, 1.807) is 17.9 Å². The first-order valence-electron chi connectivity index (χ1n) is 4.96. The molecule has 0 saturated heterocycles. The molecule has 0 aromatic carbocycles. The Bertz CT molecular complexity index is 462. The predicted molar refractivity (Wildman–Crippen MR) is 56.8 cm³/mol. The van der Waals surface area contributed by atoms with E-state index in [0.29, 0.717) is 12.4 Å². The molecule has 0 spiro atoms. The third-order valence-corrected chi connectivity index (χ3v) is 2.62. The lowest BCUT2D eigenvalue weighted by molar-refractivity contribution is 0.607. The minimum Gasteiger partial charge on any atom is -0.244 e. The van der Waals surface area contributed by atoms with Crippen LogP contribution in [0, 0.1) is 0 Å². The average molecular weight is 242 g/mol. The Morgan fingerprint density at radius 2 is 2.19 bits per heavy atom. The largest absolute Gasteiger partial charge is 0.244 e. The molecule has 0 fully saturated rings. The van der Waals surface area contributed by atoms with Gasteiger partial charge in [-0.3, -0.25) is 0 Å². The van der Waals surface area contributed by atoms with Crippen molar-refractivity contribution in [1.82, 2.24) is 35.2 Å². The van der Waals surface area contributed by atoms with Gasteiger partial charge in [0.2, 0.25) is 0 Å². The zero-order valence-electron chi connectivity index (χ0n) is 9.08. The van der Waals surface area contributed by atoms with E-state index in [1.807, 2.05) is 6.92 Å². The molecule has 86 valence electrons. The first-order chi connectivity index (χ1) is 7.69. The predicted octanol–water partition coefficient (Wildman–Crippen LogP) is 0.540. The molecule has 1 unspecified atom stereocenters. The van der Waals surface area contributed by atoms with Crippen molar-refractivity contribution >= 4 is 11.6 Å². The second-order valence-corrected chi connectivity index (χ2v) is 3.94. The van der Waals surface area contributed by atoms with E-state index >= 15 is 0 Å². The number of hydrogen-bond donors (Lipinski definition) is 0. The molecule has 2 heterocycles. The minimum atomic E-state index is -0.0939. The lowest BCUT2D eigenvalue weighted by Gasteiger charge is -1.98. The Kier molecular flexibility index (Phi) is 3.14. The molecule has 0 N–H and O–H groups in total. The van der Waals surface area contributed by atoms with Crippen molar-refractivity contribution in [2.24, 2.45) is 7.05 Å². The van der Waals surface area contributed by atoms with Gasteiger partial charge in [0.1, 0.15) is 12.2 Å².